The van der Waals surface area contributed by atoms with Gasteiger partial charge in [-0.15, -0.1) is 0 Å². The van der Waals surface area contributed by atoms with Gasteiger partial charge in [0, 0.05) is 12.1 Å². The quantitative estimate of drug-likeness (QED) is 0.815. The van der Waals surface area contributed by atoms with Gasteiger partial charge in [-0.25, -0.2) is 0 Å². The van der Waals surface area contributed by atoms with Crippen LogP contribution in [-0.4, -0.2) is 39.6 Å². The van der Waals surface area contributed by atoms with Crippen LogP contribution < -0.4 is 5.73 Å². The van der Waals surface area contributed by atoms with E-state index in [-0.39, 0.29) is 11.3 Å². The molecule has 6 fully saturated rings. The van der Waals surface area contributed by atoms with Crippen LogP contribution in [0, 0.1) is 23.2 Å². The molecule has 5 saturated carbocycles. The van der Waals surface area contributed by atoms with Crippen LogP contribution >= 0.6 is 0 Å². The van der Waals surface area contributed by atoms with Gasteiger partial charge in [0.15, 0.2) is 0 Å². The van der Waals surface area contributed by atoms with Crippen LogP contribution in [0.5, 0.6) is 0 Å². The molecule has 0 spiro atoms. The average Bonchev–Trinajstić information content (AvgIpc) is 3.06. The second-order valence-corrected chi connectivity index (χ2v) is 9.42. The number of amides is 1. The number of fused-ring (bicyclic) bond motifs is 1. The first-order valence-corrected chi connectivity index (χ1v) is 9.19. The van der Waals surface area contributed by atoms with Crippen molar-refractivity contribution in [1.29, 1.82) is 0 Å². The molecule has 0 aromatic rings. The molecule has 122 valence electrons. The molecule has 6 atom stereocenters. The molecule has 1 saturated heterocycles. The van der Waals surface area contributed by atoms with Crippen molar-refractivity contribution in [2.45, 2.75) is 82.0 Å². The zero-order chi connectivity index (χ0) is 15.3. The summed E-state index contributed by atoms with van der Waals surface area (Å²) in [6.07, 6.45) is 8.36. The number of likely N-dealkylation sites (tertiary alicyclic amines) is 1. The topological polar surface area (TPSA) is 66.6 Å². The minimum Gasteiger partial charge on any atom is -0.390 e. The van der Waals surface area contributed by atoms with Crippen LogP contribution in [0.1, 0.15) is 58.3 Å². The Bertz CT molecular complexity index is 517. The number of nitrogens with zero attached hydrogens (tertiary/aromatic N) is 1. The monoisotopic (exact) mass is 304 g/mol. The van der Waals surface area contributed by atoms with Gasteiger partial charge in [0.1, 0.15) is 0 Å². The second kappa shape index (κ2) is 4.07. The van der Waals surface area contributed by atoms with E-state index < -0.39 is 11.6 Å². The largest absolute Gasteiger partial charge is 0.390 e. The van der Waals surface area contributed by atoms with Gasteiger partial charge in [-0.1, -0.05) is 0 Å². The molecule has 6 aliphatic rings. The summed E-state index contributed by atoms with van der Waals surface area (Å²) in [5.74, 6) is 2.11. The fraction of sp³-hybridized carbons (Fsp3) is 0.944. The number of aliphatic hydroxyl groups is 1. The summed E-state index contributed by atoms with van der Waals surface area (Å²) < 4.78 is 0. The molecule has 0 aromatic carbocycles. The van der Waals surface area contributed by atoms with E-state index in [0.29, 0.717) is 23.9 Å². The first kappa shape index (κ1) is 13.8. The molecular weight excluding hydrogens is 276 g/mol. The van der Waals surface area contributed by atoms with Crippen molar-refractivity contribution in [2.75, 3.05) is 0 Å². The summed E-state index contributed by atoms with van der Waals surface area (Å²) in [5, 5.41) is 10.9. The van der Waals surface area contributed by atoms with Gasteiger partial charge < -0.3 is 15.7 Å². The van der Waals surface area contributed by atoms with E-state index in [2.05, 4.69) is 11.8 Å². The molecule has 1 heterocycles. The molecule has 4 nitrogen and oxygen atoms in total. The normalized spacial score (nSPS) is 56.1. The smallest absolute Gasteiger partial charge is 0.240 e. The minimum absolute atomic E-state index is 0.122. The number of nitrogens with two attached hydrogens (primary N) is 1. The summed E-state index contributed by atoms with van der Waals surface area (Å²) in [4.78, 5) is 15.2. The fourth-order valence-corrected chi connectivity index (χ4v) is 7.16. The number of carbonyl (C=O) groups excluding carboxylic acids is 1. The maximum Gasteiger partial charge on any atom is 0.240 e. The third kappa shape index (κ3) is 1.74. The number of piperidine rings is 1. The molecule has 5 aliphatic carbocycles. The molecular formula is C18H28N2O2. The highest BCUT2D eigenvalue weighted by Crippen LogP contribution is 2.63. The lowest BCUT2D eigenvalue weighted by atomic mass is 9.46. The molecule has 1 aliphatic heterocycles. The van der Waals surface area contributed by atoms with Gasteiger partial charge in [-0.3, -0.25) is 4.79 Å². The summed E-state index contributed by atoms with van der Waals surface area (Å²) in [5.41, 5.74) is 5.95. The van der Waals surface area contributed by atoms with Gasteiger partial charge in [0.2, 0.25) is 5.91 Å². The first-order chi connectivity index (χ1) is 10.4. The van der Waals surface area contributed by atoms with Crippen molar-refractivity contribution >= 4 is 5.91 Å². The molecule has 0 radical (unpaired) electrons. The van der Waals surface area contributed by atoms with E-state index in [0.717, 1.165) is 44.4 Å². The number of hydrogen-bond donors (Lipinski definition) is 2. The number of rotatable bonds is 2. The highest BCUT2D eigenvalue weighted by atomic mass is 16.3. The fourth-order valence-electron chi connectivity index (χ4n) is 7.16. The molecule has 3 N–H and O–H groups in total. The van der Waals surface area contributed by atoms with Gasteiger partial charge >= 0.3 is 0 Å². The molecule has 2 unspecified atom stereocenters. The highest BCUT2D eigenvalue weighted by Gasteiger charge is 2.62. The summed E-state index contributed by atoms with van der Waals surface area (Å²) >= 11 is 0. The van der Waals surface area contributed by atoms with Crippen molar-refractivity contribution in [1.82, 2.24) is 4.90 Å². The first-order valence-electron chi connectivity index (χ1n) is 9.19. The van der Waals surface area contributed by atoms with Gasteiger partial charge in [-0.05, 0) is 81.5 Å². The lowest BCUT2D eigenvalue weighted by molar-refractivity contribution is -0.177. The summed E-state index contributed by atoms with van der Waals surface area (Å²) in [6.45, 7) is 2.17. The zero-order valence-electron chi connectivity index (χ0n) is 13.5. The van der Waals surface area contributed by atoms with Crippen LogP contribution in [0.25, 0.3) is 0 Å². The van der Waals surface area contributed by atoms with Gasteiger partial charge in [0.25, 0.3) is 0 Å². The Morgan fingerprint density at radius 2 is 1.86 bits per heavy atom. The van der Waals surface area contributed by atoms with Crippen LogP contribution in [0.15, 0.2) is 0 Å². The highest BCUT2D eigenvalue weighted by molar-refractivity contribution is 5.84. The van der Waals surface area contributed by atoms with Crippen molar-refractivity contribution < 1.29 is 9.90 Å². The lowest BCUT2D eigenvalue weighted by Crippen LogP contribution is -2.64. The Hall–Kier alpha value is -0.610. The lowest BCUT2D eigenvalue weighted by Gasteiger charge is -2.61. The minimum atomic E-state index is -0.527. The molecule has 0 aromatic heterocycles. The molecule has 1 amide bonds. The van der Waals surface area contributed by atoms with Crippen molar-refractivity contribution in [2.24, 2.45) is 28.9 Å². The van der Waals surface area contributed by atoms with E-state index >= 15 is 0 Å². The van der Waals surface area contributed by atoms with E-state index in [1.807, 2.05) is 0 Å². The summed E-state index contributed by atoms with van der Waals surface area (Å²) in [6, 6.07) is 0.441. The second-order valence-electron chi connectivity index (χ2n) is 9.42. The number of carbonyl (C=O) groups is 1. The Balaban J connectivity index is 1.43. The maximum atomic E-state index is 13.1. The van der Waals surface area contributed by atoms with E-state index in [4.69, 9.17) is 5.73 Å². The number of hydrogen-bond acceptors (Lipinski definition) is 3. The Morgan fingerprint density at radius 1 is 1.18 bits per heavy atom. The van der Waals surface area contributed by atoms with E-state index in [1.54, 1.807) is 0 Å². The molecule has 22 heavy (non-hydrogen) atoms. The zero-order valence-corrected chi connectivity index (χ0v) is 13.5. The standard InChI is InChI=1S/C18H28N2O2/c1-10-2-13-4-14(13)20(10)16(21)15(19)17-5-11-3-12(6-17)8-18(22,7-11)9-17/h10-15,22H,2-9,19H2,1H3/t10-,11?,12?,13-,14+,15-,17?,18?/m1/s1. The molecule has 4 heteroatoms. The Morgan fingerprint density at radius 3 is 2.41 bits per heavy atom. The molecule has 6 rings (SSSR count). The average molecular weight is 304 g/mol. The van der Waals surface area contributed by atoms with Crippen LogP contribution in [0.3, 0.4) is 0 Å². The van der Waals surface area contributed by atoms with Gasteiger partial charge in [-0.2, -0.15) is 0 Å². The summed E-state index contributed by atoms with van der Waals surface area (Å²) in [7, 11) is 0. The Kier molecular flexibility index (Phi) is 2.55. The van der Waals surface area contributed by atoms with Crippen molar-refractivity contribution in [3.8, 4) is 0 Å². The molecule has 4 bridgehead atoms. The van der Waals surface area contributed by atoms with Crippen LogP contribution in [0.2, 0.25) is 0 Å². The SMILES string of the molecule is C[C@@H]1C[C@@H]2C[C@@H]2N1C(=O)[C@@H](N)C12CC3CC(CC(O)(C3)C1)C2. The van der Waals surface area contributed by atoms with E-state index in [9.17, 15) is 9.90 Å². The van der Waals surface area contributed by atoms with Crippen LogP contribution in [0.4, 0.5) is 0 Å². The third-order valence-electron chi connectivity index (χ3n) is 7.62. The van der Waals surface area contributed by atoms with Crippen molar-refractivity contribution in [3.63, 3.8) is 0 Å². The van der Waals surface area contributed by atoms with Crippen LogP contribution in [-0.2, 0) is 4.79 Å². The maximum absolute atomic E-state index is 13.1. The predicted molar refractivity (Wildman–Crippen MR) is 82.9 cm³/mol. The van der Waals surface area contributed by atoms with Gasteiger partial charge in [0.05, 0.1) is 11.6 Å². The third-order valence-corrected chi connectivity index (χ3v) is 7.62. The predicted octanol–water partition coefficient (Wildman–Crippen LogP) is 1.65. The Labute approximate surface area is 132 Å². The van der Waals surface area contributed by atoms with E-state index in [1.165, 1.54) is 12.8 Å². The van der Waals surface area contributed by atoms with Crippen molar-refractivity contribution in [3.05, 3.63) is 0 Å².